The smallest absolute Gasteiger partial charge is 0.304 e. The van der Waals surface area contributed by atoms with Crippen LogP contribution in [0.1, 0.15) is 52.4 Å². The summed E-state index contributed by atoms with van der Waals surface area (Å²) in [5.74, 6) is -0.457. The number of carboxylic acids is 1. The van der Waals surface area contributed by atoms with Crippen LogP contribution < -0.4 is 4.72 Å². The quantitative estimate of drug-likeness (QED) is 0.678. The summed E-state index contributed by atoms with van der Waals surface area (Å²) in [6.45, 7) is 4.76. The van der Waals surface area contributed by atoms with Crippen molar-refractivity contribution < 1.29 is 18.3 Å². The SMILES string of the molecule is CC(C)CC1(CNS(=O)(=O)N(C)CCC(=O)O)CCCC1. The Morgan fingerprint density at radius 3 is 2.38 bits per heavy atom. The Hall–Kier alpha value is -0.660. The molecule has 2 N–H and O–H groups in total. The number of aliphatic carboxylic acids is 1. The van der Waals surface area contributed by atoms with Crippen LogP contribution >= 0.6 is 0 Å². The predicted molar refractivity (Wildman–Crippen MR) is 82.2 cm³/mol. The lowest BCUT2D eigenvalue weighted by molar-refractivity contribution is -0.137. The van der Waals surface area contributed by atoms with Crippen LogP contribution in [0.4, 0.5) is 0 Å². The first-order valence-electron chi connectivity index (χ1n) is 7.60. The highest BCUT2D eigenvalue weighted by Crippen LogP contribution is 2.42. The zero-order valence-corrected chi connectivity index (χ0v) is 14.1. The van der Waals surface area contributed by atoms with E-state index in [0.717, 1.165) is 36.4 Å². The number of carboxylic acid groups (broad SMARTS) is 1. The third kappa shape index (κ3) is 5.92. The molecule has 0 bridgehead atoms. The van der Waals surface area contributed by atoms with Crippen LogP contribution in [-0.4, -0.2) is 43.9 Å². The van der Waals surface area contributed by atoms with Crippen molar-refractivity contribution in [2.45, 2.75) is 52.4 Å². The molecular formula is C14H28N2O4S. The van der Waals surface area contributed by atoms with Crippen LogP contribution in [0.2, 0.25) is 0 Å². The van der Waals surface area contributed by atoms with Gasteiger partial charge in [-0.15, -0.1) is 0 Å². The van der Waals surface area contributed by atoms with Gasteiger partial charge < -0.3 is 5.11 Å². The summed E-state index contributed by atoms with van der Waals surface area (Å²) in [5.41, 5.74) is 0.0644. The Balaban J connectivity index is 2.59. The van der Waals surface area contributed by atoms with E-state index in [-0.39, 0.29) is 18.4 Å². The molecule has 0 unspecified atom stereocenters. The molecule has 1 fully saturated rings. The Morgan fingerprint density at radius 1 is 1.33 bits per heavy atom. The van der Waals surface area contributed by atoms with E-state index < -0.39 is 16.2 Å². The highest BCUT2D eigenvalue weighted by molar-refractivity contribution is 7.87. The molecule has 0 atom stereocenters. The average molecular weight is 320 g/mol. The van der Waals surface area contributed by atoms with Crippen molar-refractivity contribution in [2.24, 2.45) is 11.3 Å². The topological polar surface area (TPSA) is 86.7 Å². The fraction of sp³-hybridized carbons (Fsp3) is 0.929. The van der Waals surface area contributed by atoms with Crippen molar-refractivity contribution in [1.82, 2.24) is 9.03 Å². The summed E-state index contributed by atoms with van der Waals surface area (Å²) >= 11 is 0. The van der Waals surface area contributed by atoms with E-state index in [1.807, 2.05) is 0 Å². The Kier molecular flexibility index (Phi) is 6.62. The molecule has 21 heavy (non-hydrogen) atoms. The maximum Gasteiger partial charge on any atom is 0.304 e. The second kappa shape index (κ2) is 7.56. The molecular weight excluding hydrogens is 292 g/mol. The van der Waals surface area contributed by atoms with Crippen molar-refractivity contribution in [3.05, 3.63) is 0 Å². The van der Waals surface area contributed by atoms with Crippen molar-refractivity contribution in [2.75, 3.05) is 20.1 Å². The largest absolute Gasteiger partial charge is 0.481 e. The van der Waals surface area contributed by atoms with E-state index in [1.54, 1.807) is 0 Å². The van der Waals surface area contributed by atoms with Gasteiger partial charge in [0.2, 0.25) is 0 Å². The van der Waals surface area contributed by atoms with Crippen LogP contribution in [0.25, 0.3) is 0 Å². The van der Waals surface area contributed by atoms with E-state index in [4.69, 9.17) is 5.11 Å². The molecule has 7 heteroatoms. The summed E-state index contributed by atoms with van der Waals surface area (Å²) < 4.78 is 28.1. The normalized spacial score (nSPS) is 18.5. The predicted octanol–water partition coefficient (Wildman–Crippen LogP) is 1.83. The third-order valence-corrected chi connectivity index (χ3v) is 5.70. The molecule has 6 nitrogen and oxygen atoms in total. The summed E-state index contributed by atoms with van der Waals surface area (Å²) in [7, 11) is -2.19. The van der Waals surface area contributed by atoms with Crippen LogP contribution in [0.3, 0.4) is 0 Å². The molecule has 1 saturated carbocycles. The molecule has 0 amide bonds. The van der Waals surface area contributed by atoms with Crippen LogP contribution in [-0.2, 0) is 15.0 Å². The zero-order chi connectivity index (χ0) is 16.1. The Bertz CT molecular complexity index is 442. The third-order valence-electron chi connectivity index (χ3n) is 4.19. The van der Waals surface area contributed by atoms with E-state index in [2.05, 4.69) is 18.6 Å². The number of hydrogen-bond acceptors (Lipinski definition) is 3. The minimum Gasteiger partial charge on any atom is -0.481 e. The van der Waals surface area contributed by atoms with E-state index in [9.17, 15) is 13.2 Å². The van der Waals surface area contributed by atoms with Gasteiger partial charge in [0.05, 0.1) is 6.42 Å². The first-order valence-corrected chi connectivity index (χ1v) is 9.04. The van der Waals surface area contributed by atoms with Gasteiger partial charge >= 0.3 is 5.97 Å². The van der Waals surface area contributed by atoms with Crippen molar-refractivity contribution in [1.29, 1.82) is 0 Å². The number of nitrogens with zero attached hydrogens (tertiary/aromatic N) is 1. The molecule has 0 aromatic heterocycles. The molecule has 0 aromatic carbocycles. The summed E-state index contributed by atoms with van der Waals surface area (Å²) in [4.78, 5) is 10.5. The van der Waals surface area contributed by atoms with E-state index >= 15 is 0 Å². The number of hydrogen-bond donors (Lipinski definition) is 2. The molecule has 0 aromatic rings. The number of nitrogens with one attached hydrogen (secondary N) is 1. The molecule has 0 spiro atoms. The zero-order valence-electron chi connectivity index (χ0n) is 13.3. The molecule has 124 valence electrons. The van der Waals surface area contributed by atoms with Gasteiger partial charge in [0.1, 0.15) is 0 Å². The standard InChI is InChI=1S/C14H28N2O4S/c1-12(2)10-14(7-4-5-8-14)11-15-21(19,20)16(3)9-6-13(17)18/h12,15H,4-11H2,1-3H3,(H,17,18). The van der Waals surface area contributed by atoms with Gasteiger partial charge in [0.25, 0.3) is 10.2 Å². The van der Waals surface area contributed by atoms with Crippen LogP contribution in [0.5, 0.6) is 0 Å². The lowest BCUT2D eigenvalue weighted by Crippen LogP contribution is -2.44. The fourth-order valence-corrected chi connectivity index (χ4v) is 4.21. The van der Waals surface area contributed by atoms with Gasteiger partial charge in [0, 0.05) is 20.1 Å². The average Bonchev–Trinajstić information content (AvgIpc) is 2.81. The van der Waals surface area contributed by atoms with Crippen LogP contribution in [0.15, 0.2) is 0 Å². The van der Waals surface area contributed by atoms with Gasteiger partial charge in [-0.2, -0.15) is 12.7 Å². The number of carbonyl (C=O) groups is 1. The molecule has 0 radical (unpaired) electrons. The van der Waals surface area contributed by atoms with Crippen molar-refractivity contribution in [3.63, 3.8) is 0 Å². The minimum absolute atomic E-state index is 0.0121. The molecule has 1 rings (SSSR count). The molecule has 1 aliphatic rings. The summed E-state index contributed by atoms with van der Waals surface area (Å²) in [6.07, 6.45) is 5.27. The van der Waals surface area contributed by atoms with Gasteiger partial charge in [-0.3, -0.25) is 4.79 Å². The minimum atomic E-state index is -3.60. The summed E-state index contributed by atoms with van der Waals surface area (Å²) in [5, 5.41) is 8.63. The molecule has 0 heterocycles. The monoisotopic (exact) mass is 320 g/mol. The van der Waals surface area contributed by atoms with Gasteiger partial charge in [-0.05, 0) is 30.6 Å². The van der Waals surface area contributed by atoms with Gasteiger partial charge in [0.15, 0.2) is 0 Å². The second-order valence-corrected chi connectivity index (χ2v) is 8.46. The molecule has 0 aliphatic heterocycles. The number of rotatable bonds is 9. The van der Waals surface area contributed by atoms with E-state index in [1.165, 1.54) is 7.05 Å². The molecule has 0 saturated heterocycles. The maximum absolute atomic E-state index is 12.1. The highest BCUT2D eigenvalue weighted by Gasteiger charge is 2.35. The lowest BCUT2D eigenvalue weighted by atomic mass is 9.79. The lowest BCUT2D eigenvalue weighted by Gasteiger charge is -2.32. The van der Waals surface area contributed by atoms with E-state index in [0.29, 0.717) is 12.5 Å². The van der Waals surface area contributed by atoms with Gasteiger partial charge in [-0.25, -0.2) is 4.72 Å². The fourth-order valence-electron chi connectivity index (χ4n) is 3.17. The first-order chi connectivity index (χ1) is 9.67. The highest BCUT2D eigenvalue weighted by atomic mass is 32.2. The van der Waals surface area contributed by atoms with Crippen molar-refractivity contribution in [3.8, 4) is 0 Å². The van der Waals surface area contributed by atoms with Crippen LogP contribution in [0, 0.1) is 11.3 Å². The van der Waals surface area contributed by atoms with Gasteiger partial charge in [-0.1, -0.05) is 26.7 Å². The maximum atomic E-state index is 12.1. The Labute approximate surface area is 128 Å². The summed E-state index contributed by atoms with van der Waals surface area (Å²) in [6, 6.07) is 0. The second-order valence-electron chi connectivity index (χ2n) is 6.60. The van der Waals surface area contributed by atoms with Crippen molar-refractivity contribution >= 4 is 16.2 Å². The molecule has 1 aliphatic carbocycles. The Morgan fingerprint density at radius 2 is 1.90 bits per heavy atom. The first kappa shape index (κ1) is 18.4.